The summed E-state index contributed by atoms with van der Waals surface area (Å²) in [6, 6.07) is 0. The molecule has 1 aromatic rings. The third kappa shape index (κ3) is 2.77. The Morgan fingerprint density at radius 3 is 2.87 bits per heavy atom. The highest BCUT2D eigenvalue weighted by Gasteiger charge is 2.22. The number of halogens is 1. The molecule has 0 atom stereocenters. The molecule has 0 unspecified atom stereocenters. The Kier molecular flexibility index (Phi) is 3.81. The van der Waals surface area contributed by atoms with Crippen LogP contribution >= 0.6 is 22.9 Å². The first-order valence-corrected chi connectivity index (χ1v) is 5.00. The lowest BCUT2D eigenvalue weighted by atomic mass is 10.3. The number of aromatic nitrogens is 1. The van der Waals surface area contributed by atoms with Crippen molar-refractivity contribution in [3.63, 3.8) is 0 Å². The molecule has 1 amide bonds. The van der Waals surface area contributed by atoms with Gasteiger partial charge < -0.3 is 10.5 Å². The van der Waals surface area contributed by atoms with E-state index in [0.29, 0.717) is 0 Å². The Balaban J connectivity index is 2.96. The van der Waals surface area contributed by atoms with Crippen LogP contribution in [0.25, 0.3) is 0 Å². The Morgan fingerprint density at radius 1 is 1.67 bits per heavy atom. The summed E-state index contributed by atoms with van der Waals surface area (Å²) in [7, 11) is 0. The van der Waals surface area contributed by atoms with Crippen molar-refractivity contribution < 1.29 is 14.3 Å². The van der Waals surface area contributed by atoms with E-state index in [1.54, 1.807) is 0 Å². The van der Waals surface area contributed by atoms with Gasteiger partial charge in [0.25, 0.3) is 5.91 Å². The summed E-state index contributed by atoms with van der Waals surface area (Å²) in [6.45, 7) is 3.43. The molecule has 0 radical (unpaired) electrons. The first kappa shape index (κ1) is 11.7. The number of primary amides is 1. The van der Waals surface area contributed by atoms with Gasteiger partial charge in [-0.2, -0.15) is 0 Å². The van der Waals surface area contributed by atoms with E-state index in [-0.39, 0.29) is 21.6 Å². The van der Waals surface area contributed by atoms with E-state index in [4.69, 9.17) is 22.1 Å². The molecule has 1 rings (SSSR count). The van der Waals surface area contributed by atoms with Crippen LogP contribution in [0.1, 0.15) is 20.2 Å². The number of hydrogen-bond donors (Lipinski definition) is 1. The van der Waals surface area contributed by atoms with Crippen LogP contribution in [0.15, 0.2) is 12.7 Å². The number of hydrogen-bond acceptors (Lipinski definition) is 5. The minimum atomic E-state index is -0.816. The van der Waals surface area contributed by atoms with Crippen molar-refractivity contribution in [3.8, 4) is 0 Å². The molecule has 0 saturated carbocycles. The SMILES string of the molecule is C=CCOC(=O)c1sc(Cl)nc1C(N)=O. The van der Waals surface area contributed by atoms with E-state index < -0.39 is 11.9 Å². The number of amides is 1. The fourth-order valence-electron chi connectivity index (χ4n) is 0.800. The molecule has 80 valence electrons. The first-order valence-electron chi connectivity index (χ1n) is 3.80. The Morgan fingerprint density at radius 2 is 2.33 bits per heavy atom. The Bertz CT molecular complexity index is 416. The molecule has 1 heterocycles. The number of esters is 1. The van der Waals surface area contributed by atoms with Crippen molar-refractivity contribution >= 4 is 34.8 Å². The fourth-order valence-corrected chi connectivity index (χ4v) is 1.81. The number of carbonyl (C=O) groups excluding carboxylic acids is 2. The van der Waals surface area contributed by atoms with Crippen molar-refractivity contribution in [2.75, 3.05) is 6.61 Å². The summed E-state index contributed by atoms with van der Waals surface area (Å²) in [4.78, 5) is 25.9. The predicted octanol–water partition coefficient (Wildman–Crippen LogP) is 1.24. The predicted molar refractivity (Wildman–Crippen MR) is 56.1 cm³/mol. The molecule has 0 bridgehead atoms. The Hall–Kier alpha value is -1.40. The van der Waals surface area contributed by atoms with Crippen LogP contribution in [0, 0.1) is 0 Å². The third-order valence-electron chi connectivity index (χ3n) is 1.35. The second-order valence-electron chi connectivity index (χ2n) is 2.40. The maximum Gasteiger partial charge on any atom is 0.351 e. The molecule has 15 heavy (non-hydrogen) atoms. The number of ether oxygens (including phenoxy) is 1. The van der Waals surface area contributed by atoms with E-state index in [0.717, 1.165) is 11.3 Å². The van der Waals surface area contributed by atoms with Crippen molar-refractivity contribution in [2.45, 2.75) is 0 Å². The summed E-state index contributed by atoms with van der Waals surface area (Å²) in [5, 5.41) is 0. The van der Waals surface area contributed by atoms with Crippen molar-refractivity contribution in [2.24, 2.45) is 5.73 Å². The number of thiazole rings is 1. The van der Waals surface area contributed by atoms with E-state index >= 15 is 0 Å². The zero-order valence-electron chi connectivity index (χ0n) is 7.53. The highest BCUT2D eigenvalue weighted by molar-refractivity contribution is 7.17. The highest BCUT2D eigenvalue weighted by atomic mass is 35.5. The van der Waals surface area contributed by atoms with Gasteiger partial charge in [-0.25, -0.2) is 9.78 Å². The van der Waals surface area contributed by atoms with E-state index in [9.17, 15) is 9.59 Å². The van der Waals surface area contributed by atoms with Gasteiger partial charge in [-0.3, -0.25) is 4.79 Å². The largest absolute Gasteiger partial charge is 0.457 e. The summed E-state index contributed by atoms with van der Waals surface area (Å²) in [5.41, 5.74) is 4.85. The Labute approximate surface area is 94.5 Å². The minimum absolute atomic E-state index is 0.00866. The van der Waals surface area contributed by atoms with Crippen LogP contribution in [0.4, 0.5) is 0 Å². The van der Waals surface area contributed by atoms with Crippen LogP contribution in [0.2, 0.25) is 4.47 Å². The molecule has 2 N–H and O–H groups in total. The van der Waals surface area contributed by atoms with Crippen LogP contribution in [-0.2, 0) is 4.74 Å². The van der Waals surface area contributed by atoms with Gasteiger partial charge in [0.05, 0.1) is 0 Å². The van der Waals surface area contributed by atoms with E-state index in [1.165, 1.54) is 6.08 Å². The topological polar surface area (TPSA) is 82.3 Å². The highest BCUT2D eigenvalue weighted by Crippen LogP contribution is 2.23. The third-order valence-corrected chi connectivity index (χ3v) is 2.49. The zero-order valence-corrected chi connectivity index (χ0v) is 9.10. The molecule has 0 aliphatic carbocycles. The number of nitrogens with two attached hydrogens (primary N) is 1. The molecule has 1 aromatic heterocycles. The minimum Gasteiger partial charge on any atom is -0.457 e. The lowest BCUT2D eigenvalue weighted by molar-refractivity contribution is 0.0552. The second kappa shape index (κ2) is 4.90. The number of carbonyl (C=O) groups is 2. The lowest BCUT2D eigenvalue weighted by Gasteiger charge is -1.99. The molecule has 0 fully saturated rings. The quantitative estimate of drug-likeness (QED) is 0.640. The van der Waals surface area contributed by atoms with Crippen molar-refractivity contribution in [1.29, 1.82) is 0 Å². The zero-order chi connectivity index (χ0) is 11.4. The molecule has 0 aromatic carbocycles. The summed E-state index contributed by atoms with van der Waals surface area (Å²) in [5.74, 6) is -1.50. The van der Waals surface area contributed by atoms with Gasteiger partial charge in [0, 0.05) is 0 Å². The van der Waals surface area contributed by atoms with E-state index in [2.05, 4.69) is 11.6 Å². The molecular formula is C8H7ClN2O3S. The summed E-state index contributed by atoms with van der Waals surface area (Å²) in [6.07, 6.45) is 1.41. The van der Waals surface area contributed by atoms with Gasteiger partial charge in [-0.05, 0) is 0 Å². The summed E-state index contributed by atoms with van der Waals surface area (Å²) >= 11 is 6.41. The maximum absolute atomic E-state index is 11.4. The lowest BCUT2D eigenvalue weighted by Crippen LogP contribution is -2.16. The molecule has 0 saturated heterocycles. The van der Waals surface area contributed by atoms with Crippen LogP contribution in [-0.4, -0.2) is 23.5 Å². The monoisotopic (exact) mass is 246 g/mol. The average Bonchev–Trinajstić information content (AvgIpc) is 2.57. The number of nitrogens with zero attached hydrogens (tertiary/aromatic N) is 1. The van der Waals surface area contributed by atoms with E-state index in [1.807, 2.05) is 0 Å². The molecule has 0 aliphatic rings. The van der Waals surface area contributed by atoms with Crippen LogP contribution in [0.5, 0.6) is 0 Å². The van der Waals surface area contributed by atoms with Crippen molar-refractivity contribution in [1.82, 2.24) is 4.98 Å². The van der Waals surface area contributed by atoms with Gasteiger partial charge >= 0.3 is 5.97 Å². The van der Waals surface area contributed by atoms with Gasteiger partial charge in [-0.1, -0.05) is 35.6 Å². The molecular weight excluding hydrogens is 240 g/mol. The van der Waals surface area contributed by atoms with Crippen LogP contribution < -0.4 is 5.73 Å². The molecule has 0 spiro atoms. The normalized spacial score (nSPS) is 9.67. The van der Waals surface area contributed by atoms with Gasteiger partial charge in [0.1, 0.15) is 11.5 Å². The molecule has 7 heteroatoms. The van der Waals surface area contributed by atoms with Gasteiger partial charge in [-0.15, -0.1) is 0 Å². The van der Waals surface area contributed by atoms with Gasteiger partial charge in [0.15, 0.2) is 10.2 Å². The smallest absolute Gasteiger partial charge is 0.351 e. The molecule has 0 aliphatic heterocycles. The second-order valence-corrected chi connectivity index (χ2v) is 3.98. The number of rotatable bonds is 4. The van der Waals surface area contributed by atoms with Crippen molar-refractivity contribution in [3.05, 3.63) is 27.7 Å². The maximum atomic E-state index is 11.4. The van der Waals surface area contributed by atoms with Crippen LogP contribution in [0.3, 0.4) is 0 Å². The average molecular weight is 247 g/mol. The van der Waals surface area contributed by atoms with Gasteiger partial charge in [0.2, 0.25) is 0 Å². The first-order chi connectivity index (χ1) is 7.06. The summed E-state index contributed by atoms with van der Waals surface area (Å²) < 4.78 is 4.79. The fraction of sp³-hybridized carbons (Fsp3) is 0.125. The molecule has 5 nitrogen and oxygen atoms in total. The standard InChI is InChI=1S/C8H7ClN2O3S/c1-2-3-14-7(13)5-4(6(10)12)11-8(9)15-5/h2H,1,3H2,(H2,10,12).